The third-order valence-corrected chi connectivity index (χ3v) is 6.82. The zero-order chi connectivity index (χ0) is 25.1. The van der Waals surface area contributed by atoms with Crippen molar-refractivity contribution in [2.24, 2.45) is 4.99 Å². The van der Waals surface area contributed by atoms with Crippen molar-refractivity contribution in [1.82, 2.24) is 14.8 Å². The van der Waals surface area contributed by atoms with Gasteiger partial charge in [-0.1, -0.05) is 18.2 Å². The Morgan fingerprint density at radius 1 is 1.14 bits per heavy atom. The number of nitrogens with one attached hydrogen (secondary N) is 1. The molecule has 9 heteroatoms. The Morgan fingerprint density at radius 2 is 1.94 bits per heavy atom. The molecule has 0 radical (unpaired) electrons. The number of fused-ring (bicyclic) bond motifs is 1. The lowest BCUT2D eigenvalue weighted by Crippen LogP contribution is -2.26. The summed E-state index contributed by atoms with van der Waals surface area (Å²) in [6, 6.07) is 18.8. The van der Waals surface area contributed by atoms with Gasteiger partial charge >= 0.3 is 0 Å². The fraction of sp³-hybridized carbons (Fsp3) is 0.148. The Bertz CT molecular complexity index is 1470. The number of aliphatic imine (C=N–C) groups is 1. The van der Waals surface area contributed by atoms with Crippen LogP contribution in [0.1, 0.15) is 11.3 Å². The van der Waals surface area contributed by atoms with Crippen LogP contribution in [0.25, 0.3) is 17.0 Å². The Balaban J connectivity index is 1.38. The molecule has 4 aromatic rings. The van der Waals surface area contributed by atoms with Crippen LogP contribution in [0.15, 0.2) is 87.4 Å². The standard InChI is InChI=1S/C27H24N4O4S/c1-30-26(33)24(36-27(30)29-19-9-11-20(34-2)12-10-19)14-18-16-31(23-8-4-3-7-22(18)23)17-25(32)28-15-21-6-5-13-35-21/h3-14,16H,15,17H2,1-2H3,(H,28,32)/b24-14+,29-27?. The summed E-state index contributed by atoms with van der Waals surface area (Å²) in [6.07, 6.45) is 5.34. The normalized spacial score (nSPS) is 15.8. The molecular formula is C27H24N4O4S. The first kappa shape index (κ1) is 23.5. The number of thioether (sulfide) groups is 1. The highest BCUT2D eigenvalue weighted by Crippen LogP contribution is 2.35. The quantitative estimate of drug-likeness (QED) is 0.369. The molecule has 1 saturated heterocycles. The number of benzene rings is 2. The Kier molecular flexibility index (Phi) is 6.64. The number of aromatic nitrogens is 1. The predicted molar refractivity (Wildman–Crippen MR) is 141 cm³/mol. The van der Waals surface area contributed by atoms with Crippen molar-refractivity contribution in [3.63, 3.8) is 0 Å². The van der Waals surface area contributed by atoms with Crippen molar-refractivity contribution >= 4 is 51.4 Å². The highest BCUT2D eigenvalue weighted by molar-refractivity contribution is 8.18. The van der Waals surface area contributed by atoms with Gasteiger partial charge in [0.05, 0.1) is 30.5 Å². The van der Waals surface area contributed by atoms with Crippen LogP contribution >= 0.6 is 11.8 Å². The maximum Gasteiger partial charge on any atom is 0.266 e. The van der Waals surface area contributed by atoms with Crippen LogP contribution < -0.4 is 10.1 Å². The van der Waals surface area contributed by atoms with Gasteiger partial charge in [-0.05, 0) is 60.3 Å². The van der Waals surface area contributed by atoms with Gasteiger partial charge in [0.1, 0.15) is 18.1 Å². The van der Waals surface area contributed by atoms with E-state index in [-0.39, 0.29) is 18.4 Å². The van der Waals surface area contributed by atoms with Gasteiger partial charge in [0, 0.05) is 29.7 Å². The minimum atomic E-state index is -0.133. The highest BCUT2D eigenvalue weighted by atomic mass is 32.2. The molecule has 0 spiro atoms. The molecule has 1 N–H and O–H groups in total. The number of para-hydroxylation sites is 1. The van der Waals surface area contributed by atoms with Crippen LogP contribution in [0, 0.1) is 0 Å². The molecule has 2 aromatic carbocycles. The van der Waals surface area contributed by atoms with Crippen LogP contribution in [0.5, 0.6) is 5.75 Å². The van der Waals surface area contributed by atoms with Gasteiger partial charge in [-0.15, -0.1) is 0 Å². The first-order valence-corrected chi connectivity index (χ1v) is 12.1. The van der Waals surface area contributed by atoms with E-state index in [0.717, 1.165) is 27.9 Å². The van der Waals surface area contributed by atoms with Crippen molar-refractivity contribution < 1.29 is 18.7 Å². The molecule has 0 bridgehead atoms. The van der Waals surface area contributed by atoms with Crippen LogP contribution in [0.3, 0.4) is 0 Å². The fourth-order valence-corrected chi connectivity index (χ4v) is 4.87. The zero-order valence-corrected chi connectivity index (χ0v) is 20.6. The summed E-state index contributed by atoms with van der Waals surface area (Å²) in [7, 11) is 3.33. The minimum absolute atomic E-state index is 0.125. The molecule has 0 aliphatic carbocycles. The molecule has 36 heavy (non-hydrogen) atoms. The molecular weight excluding hydrogens is 476 g/mol. The lowest BCUT2D eigenvalue weighted by molar-refractivity contribution is -0.122. The molecule has 0 atom stereocenters. The third-order valence-electron chi connectivity index (χ3n) is 5.76. The number of likely N-dealkylation sites (N-methyl/N-ethyl adjacent to an activating group) is 1. The molecule has 0 unspecified atom stereocenters. The fourth-order valence-electron chi connectivity index (χ4n) is 3.89. The number of carbonyl (C=O) groups is 2. The van der Waals surface area contributed by atoms with Gasteiger partial charge in [-0.3, -0.25) is 14.5 Å². The van der Waals surface area contributed by atoms with Crippen molar-refractivity contribution in [3.05, 3.63) is 89.4 Å². The Labute approximate surface area is 212 Å². The van der Waals surface area contributed by atoms with E-state index in [4.69, 9.17) is 9.15 Å². The summed E-state index contributed by atoms with van der Waals surface area (Å²) in [4.78, 5) is 32.3. The number of carbonyl (C=O) groups excluding carboxylic acids is 2. The smallest absolute Gasteiger partial charge is 0.266 e. The van der Waals surface area contributed by atoms with Crippen LogP contribution in [0.4, 0.5) is 5.69 Å². The second-order valence-corrected chi connectivity index (χ2v) is 9.16. The molecule has 1 aliphatic rings. The average Bonchev–Trinajstić information content (AvgIpc) is 3.60. The monoisotopic (exact) mass is 500 g/mol. The summed E-state index contributed by atoms with van der Waals surface area (Å²) < 4.78 is 12.4. The molecule has 1 aliphatic heterocycles. The number of hydrogen-bond acceptors (Lipinski definition) is 6. The molecule has 2 aromatic heterocycles. The number of amidine groups is 1. The molecule has 2 amide bonds. The zero-order valence-electron chi connectivity index (χ0n) is 19.8. The molecule has 8 nitrogen and oxygen atoms in total. The largest absolute Gasteiger partial charge is 0.497 e. The van der Waals surface area contributed by atoms with Gasteiger partial charge in [0.15, 0.2) is 5.17 Å². The molecule has 3 heterocycles. The summed E-state index contributed by atoms with van der Waals surface area (Å²) in [6.45, 7) is 0.477. The summed E-state index contributed by atoms with van der Waals surface area (Å²) >= 11 is 1.32. The molecule has 182 valence electrons. The number of ether oxygens (including phenoxy) is 1. The van der Waals surface area contributed by atoms with Gasteiger partial charge < -0.3 is 19.0 Å². The van der Waals surface area contributed by atoms with E-state index in [2.05, 4.69) is 10.3 Å². The lowest BCUT2D eigenvalue weighted by atomic mass is 10.1. The first-order valence-electron chi connectivity index (χ1n) is 11.3. The first-order chi connectivity index (χ1) is 17.5. The van der Waals surface area contributed by atoms with E-state index < -0.39 is 0 Å². The van der Waals surface area contributed by atoms with Gasteiger partial charge in [0.25, 0.3) is 5.91 Å². The lowest BCUT2D eigenvalue weighted by Gasteiger charge is -2.07. The topological polar surface area (TPSA) is 89.1 Å². The number of furan rings is 1. The highest BCUT2D eigenvalue weighted by Gasteiger charge is 2.30. The predicted octanol–water partition coefficient (Wildman–Crippen LogP) is 4.79. The minimum Gasteiger partial charge on any atom is -0.497 e. The number of hydrogen-bond donors (Lipinski definition) is 1. The average molecular weight is 501 g/mol. The SMILES string of the molecule is COc1ccc(N=C2S/C(=C/c3cn(CC(=O)NCc4ccco4)c4ccccc34)C(=O)N2C)cc1. The van der Waals surface area contributed by atoms with Gasteiger partial charge in [0.2, 0.25) is 5.91 Å². The van der Waals surface area contributed by atoms with Gasteiger partial charge in [-0.25, -0.2) is 4.99 Å². The van der Waals surface area contributed by atoms with Crippen molar-refractivity contribution in [2.75, 3.05) is 14.2 Å². The second-order valence-electron chi connectivity index (χ2n) is 8.15. The number of rotatable bonds is 7. The molecule has 5 rings (SSSR count). The van der Waals surface area contributed by atoms with Crippen LogP contribution in [-0.2, 0) is 22.7 Å². The van der Waals surface area contributed by atoms with Gasteiger partial charge in [-0.2, -0.15) is 0 Å². The third kappa shape index (κ3) is 4.92. The maximum atomic E-state index is 13.0. The Hall–Kier alpha value is -4.24. The van der Waals surface area contributed by atoms with Crippen LogP contribution in [-0.4, -0.2) is 40.6 Å². The van der Waals surface area contributed by atoms with Crippen molar-refractivity contribution in [1.29, 1.82) is 0 Å². The summed E-state index contributed by atoms with van der Waals surface area (Å²) in [5.41, 5.74) is 2.50. The van der Waals surface area contributed by atoms with Crippen molar-refractivity contribution in [2.45, 2.75) is 13.1 Å². The van der Waals surface area contributed by atoms with E-state index in [9.17, 15) is 9.59 Å². The molecule has 1 fully saturated rings. The summed E-state index contributed by atoms with van der Waals surface area (Å²) in [5.74, 6) is 1.18. The van der Waals surface area contributed by atoms with E-state index in [0.29, 0.717) is 22.4 Å². The van der Waals surface area contributed by atoms with E-state index in [1.165, 1.54) is 11.8 Å². The van der Waals surface area contributed by atoms with Crippen LogP contribution in [0.2, 0.25) is 0 Å². The maximum absolute atomic E-state index is 13.0. The molecule has 0 saturated carbocycles. The number of methoxy groups -OCH3 is 1. The van der Waals surface area contributed by atoms with E-state index >= 15 is 0 Å². The van der Waals surface area contributed by atoms with Crippen molar-refractivity contribution in [3.8, 4) is 5.75 Å². The number of nitrogens with zero attached hydrogens (tertiary/aromatic N) is 3. The van der Waals surface area contributed by atoms with E-state index in [1.54, 1.807) is 31.4 Å². The Morgan fingerprint density at radius 3 is 2.69 bits per heavy atom. The summed E-state index contributed by atoms with van der Waals surface area (Å²) in [5, 5.41) is 4.43. The van der Waals surface area contributed by atoms with E-state index in [1.807, 2.05) is 71.4 Å². The second kappa shape index (κ2) is 10.2. The number of amides is 2.